The fourth-order valence-electron chi connectivity index (χ4n) is 6.32. The quantitative estimate of drug-likeness (QED) is 0.319. The van der Waals surface area contributed by atoms with Gasteiger partial charge in [-0.25, -0.2) is 18.9 Å². The number of nitrogens with zero attached hydrogens (tertiary/aromatic N) is 8. The maximum atomic E-state index is 16.4. The average Bonchev–Trinajstić information content (AvgIpc) is 3.47. The topological polar surface area (TPSA) is 106 Å². The first-order chi connectivity index (χ1) is 21.4. The summed E-state index contributed by atoms with van der Waals surface area (Å²) in [4.78, 5) is 28.3. The summed E-state index contributed by atoms with van der Waals surface area (Å²) in [6.07, 6.45) is 7.15. The van der Waals surface area contributed by atoms with Gasteiger partial charge in [0, 0.05) is 43.5 Å². The van der Waals surface area contributed by atoms with E-state index in [0.717, 1.165) is 56.4 Å². The van der Waals surface area contributed by atoms with E-state index >= 15 is 4.39 Å². The average molecular weight is 596 g/mol. The van der Waals surface area contributed by atoms with Gasteiger partial charge in [-0.1, -0.05) is 24.3 Å². The minimum atomic E-state index is -0.533. The number of nitriles is 1. The second kappa shape index (κ2) is 13.1. The summed E-state index contributed by atoms with van der Waals surface area (Å²) >= 11 is 0. The molecule has 11 heteroatoms. The molecular formula is C33H38FN9O. The lowest BCUT2D eigenvalue weighted by molar-refractivity contribution is -0.131. The summed E-state index contributed by atoms with van der Waals surface area (Å²) in [5.41, 5.74) is 3.52. The van der Waals surface area contributed by atoms with E-state index in [1.165, 1.54) is 0 Å². The van der Waals surface area contributed by atoms with Crippen LogP contribution in [0.3, 0.4) is 0 Å². The largest absolute Gasteiger partial charge is 0.363 e. The van der Waals surface area contributed by atoms with Crippen LogP contribution in [-0.4, -0.2) is 92.5 Å². The van der Waals surface area contributed by atoms with E-state index in [1.54, 1.807) is 15.6 Å². The van der Waals surface area contributed by atoms with E-state index in [1.807, 2.05) is 48.7 Å². The van der Waals surface area contributed by atoms with Gasteiger partial charge in [0.05, 0.1) is 23.3 Å². The van der Waals surface area contributed by atoms with Crippen LogP contribution >= 0.6 is 0 Å². The van der Waals surface area contributed by atoms with Gasteiger partial charge < -0.3 is 15.1 Å². The SMILES string of the molecule is CN(C)C1CCN(Cc2cccc(-c3nc(-c4cnn5ccccc45)nc(N[C@@H]4CCCN(C(=O)CC#N)C4)c3F)c2)CC1. The van der Waals surface area contributed by atoms with Crippen molar-refractivity contribution >= 4 is 17.2 Å². The minimum absolute atomic E-state index is 0.0935. The maximum Gasteiger partial charge on any atom is 0.236 e. The van der Waals surface area contributed by atoms with Crippen LogP contribution in [0.1, 0.15) is 37.7 Å². The first-order valence-corrected chi connectivity index (χ1v) is 15.3. The second-order valence-electron chi connectivity index (χ2n) is 12.0. The first kappa shape index (κ1) is 29.7. The molecule has 228 valence electrons. The summed E-state index contributed by atoms with van der Waals surface area (Å²) in [6.45, 7) is 3.81. The molecule has 2 aliphatic rings. The second-order valence-corrected chi connectivity index (χ2v) is 12.0. The van der Waals surface area contributed by atoms with Crippen molar-refractivity contribution in [1.29, 1.82) is 5.26 Å². The Bertz CT molecular complexity index is 1670. The third kappa shape index (κ3) is 6.42. The number of halogens is 1. The van der Waals surface area contributed by atoms with Crippen molar-refractivity contribution in [1.82, 2.24) is 34.3 Å². The van der Waals surface area contributed by atoms with E-state index in [4.69, 9.17) is 10.2 Å². The summed E-state index contributed by atoms with van der Waals surface area (Å²) in [5.74, 6) is -0.280. The summed E-state index contributed by atoms with van der Waals surface area (Å²) in [7, 11) is 4.28. The molecule has 1 N–H and O–H groups in total. The number of aromatic nitrogens is 4. The maximum absolute atomic E-state index is 16.4. The monoisotopic (exact) mass is 595 g/mol. The van der Waals surface area contributed by atoms with Gasteiger partial charge in [0.1, 0.15) is 12.1 Å². The number of piperidine rings is 2. The van der Waals surface area contributed by atoms with Gasteiger partial charge in [-0.05, 0) is 76.6 Å². The molecule has 1 atom stereocenters. The highest BCUT2D eigenvalue weighted by atomic mass is 19.1. The number of rotatable bonds is 8. The van der Waals surface area contributed by atoms with Gasteiger partial charge >= 0.3 is 0 Å². The van der Waals surface area contributed by atoms with Gasteiger partial charge in [0.2, 0.25) is 5.91 Å². The molecule has 2 saturated heterocycles. The lowest BCUT2D eigenvalue weighted by Gasteiger charge is -2.35. The highest BCUT2D eigenvalue weighted by molar-refractivity contribution is 5.79. The number of nitrogens with one attached hydrogen (secondary N) is 1. The Morgan fingerprint density at radius 3 is 2.75 bits per heavy atom. The fraction of sp³-hybridized carbons (Fsp3) is 0.424. The van der Waals surface area contributed by atoms with Crippen LogP contribution in [0.15, 0.2) is 54.9 Å². The van der Waals surface area contributed by atoms with Crippen LogP contribution in [-0.2, 0) is 11.3 Å². The van der Waals surface area contributed by atoms with E-state index in [2.05, 4.69) is 45.4 Å². The number of amides is 1. The summed E-state index contributed by atoms with van der Waals surface area (Å²) in [6, 6.07) is 16.0. The molecule has 2 aliphatic heterocycles. The molecule has 0 bridgehead atoms. The fourth-order valence-corrected chi connectivity index (χ4v) is 6.32. The van der Waals surface area contributed by atoms with Gasteiger partial charge in [0.25, 0.3) is 0 Å². The molecule has 44 heavy (non-hydrogen) atoms. The van der Waals surface area contributed by atoms with Crippen LogP contribution in [0.25, 0.3) is 28.2 Å². The third-order valence-electron chi connectivity index (χ3n) is 8.76. The molecular weight excluding hydrogens is 557 g/mol. The van der Waals surface area contributed by atoms with Crippen molar-refractivity contribution in [3.8, 4) is 28.7 Å². The van der Waals surface area contributed by atoms with Gasteiger partial charge in [-0.2, -0.15) is 10.4 Å². The molecule has 2 fully saturated rings. The highest BCUT2D eigenvalue weighted by Crippen LogP contribution is 2.32. The predicted octanol–water partition coefficient (Wildman–Crippen LogP) is 4.44. The van der Waals surface area contributed by atoms with Gasteiger partial charge in [-0.15, -0.1) is 0 Å². The van der Waals surface area contributed by atoms with Crippen LogP contribution in [0.4, 0.5) is 10.2 Å². The predicted molar refractivity (Wildman–Crippen MR) is 167 cm³/mol. The normalized spacial score (nSPS) is 18.1. The van der Waals surface area contributed by atoms with Crippen molar-refractivity contribution in [3.05, 3.63) is 66.2 Å². The van der Waals surface area contributed by atoms with Crippen LogP contribution < -0.4 is 5.32 Å². The number of hydrogen-bond acceptors (Lipinski definition) is 8. The molecule has 6 rings (SSSR count). The molecule has 4 aromatic rings. The molecule has 0 spiro atoms. The molecule has 10 nitrogen and oxygen atoms in total. The van der Waals surface area contributed by atoms with Crippen molar-refractivity contribution in [3.63, 3.8) is 0 Å². The van der Waals surface area contributed by atoms with Crippen LogP contribution in [0.2, 0.25) is 0 Å². The van der Waals surface area contributed by atoms with Crippen molar-refractivity contribution in [2.24, 2.45) is 0 Å². The zero-order valence-corrected chi connectivity index (χ0v) is 25.3. The van der Waals surface area contributed by atoms with Crippen molar-refractivity contribution in [2.45, 2.75) is 50.7 Å². The zero-order valence-electron chi connectivity index (χ0n) is 25.3. The Morgan fingerprint density at radius 1 is 1.11 bits per heavy atom. The Hall–Kier alpha value is -4.40. The molecule has 0 unspecified atom stereocenters. The van der Waals surface area contributed by atoms with Crippen LogP contribution in [0, 0.1) is 17.1 Å². The highest BCUT2D eigenvalue weighted by Gasteiger charge is 2.27. The molecule has 3 aromatic heterocycles. The Morgan fingerprint density at radius 2 is 1.95 bits per heavy atom. The van der Waals surface area contributed by atoms with Crippen LogP contribution in [0.5, 0.6) is 0 Å². The number of hydrogen-bond donors (Lipinski definition) is 1. The molecule has 5 heterocycles. The zero-order chi connectivity index (χ0) is 30.6. The molecule has 1 amide bonds. The lowest BCUT2D eigenvalue weighted by Crippen LogP contribution is -2.45. The Labute approximate surface area is 257 Å². The Balaban J connectivity index is 1.32. The third-order valence-corrected chi connectivity index (χ3v) is 8.76. The number of anilines is 1. The van der Waals surface area contributed by atoms with Crippen molar-refractivity contribution < 1.29 is 9.18 Å². The number of benzene rings is 1. The molecule has 0 aliphatic carbocycles. The van der Waals surface area contributed by atoms with E-state index < -0.39 is 5.82 Å². The standard InChI is InChI=1S/C33H38FN9O/c1-40(2)26-12-17-41(18-13-26)21-23-7-5-8-24(19-23)31-30(34)33(37-25-9-6-15-42(22-25)29(44)11-14-35)39-32(38-31)27-20-36-43-16-4-3-10-28(27)43/h3-5,7-8,10,16,19-20,25-26H,6,9,11-13,15,17-18,21-22H2,1-2H3,(H,37,38,39)/t25-/m1/s1. The number of likely N-dealkylation sites (tertiary alicyclic amines) is 2. The number of pyridine rings is 1. The number of carbonyl (C=O) groups is 1. The van der Waals surface area contributed by atoms with E-state index in [9.17, 15) is 4.79 Å². The molecule has 0 saturated carbocycles. The van der Waals surface area contributed by atoms with Gasteiger partial charge in [0.15, 0.2) is 17.5 Å². The summed E-state index contributed by atoms with van der Waals surface area (Å²) in [5, 5.41) is 16.7. The Kier molecular flexibility index (Phi) is 8.82. The summed E-state index contributed by atoms with van der Waals surface area (Å²) < 4.78 is 18.1. The smallest absolute Gasteiger partial charge is 0.236 e. The lowest BCUT2D eigenvalue weighted by atomic mass is 10.0. The van der Waals surface area contributed by atoms with Crippen molar-refractivity contribution in [2.75, 3.05) is 45.6 Å². The number of carbonyl (C=O) groups excluding carboxylic acids is 1. The minimum Gasteiger partial charge on any atom is -0.363 e. The number of fused-ring (bicyclic) bond motifs is 1. The van der Waals surface area contributed by atoms with E-state index in [-0.39, 0.29) is 29.9 Å². The van der Waals surface area contributed by atoms with E-state index in [0.29, 0.717) is 36.1 Å². The molecule has 0 radical (unpaired) electrons. The van der Waals surface area contributed by atoms with Gasteiger partial charge in [-0.3, -0.25) is 9.69 Å². The molecule has 1 aromatic carbocycles. The first-order valence-electron chi connectivity index (χ1n) is 15.3.